The molecule has 166 valence electrons. The number of nitrogens with one attached hydrogen (secondary N) is 2. The van der Waals surface area contributed by atoms with Gasteiger partial charge in [0.2, 0.25) is 11.5 Å². The molecule has 2 aromatic rings. The van der Waals surface area contributed by atoms with Gasteiger partial charge in [-0.1, -0.05) is 18.4 Å². The number of hydrogen-bond acceptors (Lipinski definition) is 4. The zero-order chi connectivity index (χ0) is 22.4. The second kappa shape index (κ2) is 7.86. The van der Waals surface area contributed by atoms with Gasteiger partial charge in [0.1, 0.15) is 0 Å². The molecule has 2 amide bonds. The molecule has 2 saturated carbocycles. The SMILES string of the molecule is Cc1[nH]n2c(=O)c(C(=O)NC3CC3)c(O)[n+](CC(C)C)c2c1/C=C/C(=O)N(C)C1CC1. The molecule has 9 nitrogen and oxygen atoms in total. The highest BCUT2D eigenvalue weighted by atomic mass is 16.3. The normalized spacial score (nSPS) is 16.4. The van der Waals surface area contributed by atoms with Gasteiger partial charge in [0.15, 0.2) is 0 Å². The van der Waals surface area contributed by atoms with Gasteiger partial charge in [-0.2, -0.15) is 4.57 Å². The highest BCUT2D eigenvalue weighted by molar-refractivity contribution is 5.96. The van der Waals surface area contributed by atoms with Gasteiger partial charge in [-0.05, 0) is 44.6 Å². The van der Waals surface area contributed by atoms with Gasteiger partial charge in [-0.25, -0.2) is 9.89 Å². The van der Waals surface area contributed by atoms with Gasteiger partial charge < -0.3 is 15.3 Å². The molecule has 4 rings (SSSR count). The van der Waals surface area contributed by atoms with Crippen molar-refractivity contribution in [2.45, 2.75) is 65.1 Å². The number of hydrogen-bond donors (Lipinski definition) is 3. The molecule has 0 bridgehead atoms. The van der Waals surface area contributed by atoms with Crippen LogP contribution in [0.3, 0.4) is 0 Å². The Labute approximate surface area is 180 Å². The summed E-state index contributed by atoms with van der Waals surface area (Å²) in [6.07, 6.45) is 6.95. The largest absolute Gasteiger partial charge is 0.477 e. The third-order valence-electron chi connectivity index (χ3n) is 5.81. The Morgan fingerprint density at radius 3 is 2.58 bits per heavy atom. The fourth-order valence-electron chi connectivity index (χ4n) is 3.76. The van der Waals surface area contributed by atoms with Crippen molar-refractivity contribution < 1.29 is 19.3 Å². The molecule has 2 aliphatic rings. The summed E-state index contributed by atoms with van der Waals surface area (Å²) in [7, 11) is 1.78. The van der Waals surface area contributed by atoms with E-state index in [1.807, 2.05) is 13.8 Å². The molecule has 2 heterocycles. The Morgan fingerprint density at radius 1 is 1.32 bits per heavy atom. The Morgan fingerprint density at radius 2 is 2.00 bits per heavy atom. The average molecular weight is 429 g/mol. The highest BCUT2D eigenvalue weighted by Gasteiger charge is 2.35. The van der Waals surface area contributed by atoms with Crippen molar-refractivity contribution >= 4 is 23.5 Å². The van der Waals surface area contributed by atoms with Crippen molar-refractivity contribution in [3.05, 3.63) is 33.3 Å². The quantitative estimate of drug-likeness (QED) is 0.453. The predicted octanol–water partition coefficient (Wildman–Crippen LogP) is 1.11. The van der Waals surface area contributed by atoms with E-state index in [4.69, 9.17) is 0 Å². The monoisotopic (exact) mass is 428 g/mol. The van der Waals surface area contributed by atoms with Gasteiger partial charge in [0, 0.05) is 25.2 Å². The Bertz CT molecular complexity index is 1140. The maximum absolute atomic E-state index is 13.1. The van der Waals surface area contributed by atoms with Crippen LogP contribution in [0.25, 0.3) is 11.7 Å². The number of carbonyl (C=O) groups is 2. The zero-order valence-electron chi connectivity index (χ0n) is 18.4. The molecule has 0 spiro atoms. The number of carbonyl (C=O) groups excluding carboxylic acids is 2. The van der Waals surface area contributed by atoms with Gasteiger partial charge in [0.25, 0.3) is 5.91 Å². The van der Waals surface area contributed by atoms with E-state index in [1.54, 1.807) is 29.5 Å². The van der Waals surface area contributed by atoms with Crippen LogP contribution >= 0.6 is 0 Å². The fraction of sp³-hybridized carbons (Fsp3) is 0.545. The Hall–Kier alpha value is -3.10. The van der Waals surface area contributed by atoms with E-state index in [0.717, 1.165) is 25.7 Å². The van der Waals surface area contributed by atoms with Crippen LogP contribution in [0.1, 0.15) is 61.1 Å². The van der Waals surface area contributed by atoms with E-state index in [1.165, 1.54) is 10.6 Å². The lowest BCUT2D eigenvalue weighted by Crippen LogP contribution is -2.46. The first-order valence-corrected chi connectivity index (χ1v) is 10.8. The molecule has 0 atom stereocenters. The zero-order valence-corrected chi connectivity index (χ0v) is 18.4. The number of aromatic amines is 1. The number of aromatic nitrogens is 3. The summed E-state index contributed by atoms with van der Waals surface area (Å²) in [6.45, 7) is 6.16. The first-order valence-electron chi connectivity index (χ1n) is 10.8. The molecule has 3 N–H and O–H groups in total. The van der Waals surface area contributed by atoms with E-state index < -0.39 is 11.5 Å². The number of H-pyrrole nitrogens is 1. The third-order valence-corrected chi connectivity index (χ3v) is 5.81. The molecule has 2 aliphatic carbocycles. The van der Waals surface area contributed by atoms with Crippen LogP contribution in [0, 0.1) is 12.8 Å². The molecular weight excluding hydrogens is 398 g/mol. The second-order valence-electron chi connectivity index (χ2n) is 9.08. The van der Waals surface area contributed by atoms with Crippen molar-refractivity contribution in [2.24, 2.45) is 5.92 Å². The summed E-state index contributed by atoms with van der Waals surface area (Å²) in [5.41, 5.74) is 0.822. The van der Waals surface area contributed by atoms with Crippen molar-refractivity contribution in [2.75, 3.05) is 7.05 Å². The van der Waals surface area contributed by atoms with E-state index in [-0.39, 0.29) is 29.3 Å². The number of nitrogens with zero attached hydrogens (tertiary/aromatic N) is 3. The van der Waals surface area contributed by atoms with E-state index in [9.17, 15) is 19.5 Å². The van der Waals surface area contributed by atoms with Crippen LogP contribution in [0.5, 0.6) is 5.88 Å². The van der Waals surface area contributed by atoms with Crippen molar-refractivity contribution in [1.29, 1.82) is 0 Å². The van der Waals surface area contributed by atoms with Gasteiger partial charge in [-0.3, -0.25) is 9.59 Å². The second-order valence-corrected chi connectivity index (χ2v) is 9.08. The van der Waals surface area contributed by atoms with Crippen LogP contribution < -0.4 is 15.4 Å². The molecule has 0 unspecified atom stereocenters. The summed E-state index contributed by atoms with van der Waals surface area (Å²) < 4.78 is 2.86. The summed E-state index contributed by atoms with van der Waals surface area (Å²) in [5, 5.41) is 16.8. The molecule has 0 saturated heterocycles. The predicted molar refractivity (Wildman–Crippen MR) is 115 cm³/mol. The molecule has 2 aromatic heterocycles. The summed E-state index contributed by atoms with van der Waals surface area (Å²) in [4.78, 5) is 40.0. The third kappa shape index (κ3) is 4.08. The Kier molecular flexibility index (Phi) is 5.36. The lowest BCUT2D eigenvalue weighted by molar-refractivity contribution is -0.686. The molecule has 0 aromatic carbocycles. The number of likely N-dealkylation sites (N-methyl/N-ethyl adjacent to an activating group) is 1. The molecule has 2 fully saturated rings. The number of amides is 2. The lowest BCUT2D eigenvalue weighted by Gasteiger charge is -2.13. The molecule has 31 heavy (non-hydrogen) atoms. The minimum Gasteiger partial charge on any atom is -0.477 e. The summed E-state index contributed by atoms with van der Waals surface area (Å²) in [5.74, 6) is -0.885. The fourth-order valence-corrected chi connectivity index (χ4v) is 3.76. The number of aromatic hydroxyl groups is 1. The summed E-state index contributed by atoms with van der Waals surface area (Å²) >= 11 is 0. The topological polar surface area (TPSA) is 111 Å². The van der Waals surface area contributed by atoms with Crippen LogP contribution in [0.2, 0.25) is 0 Å². The lowest BCUT2D eigenvalue weighted by atomic mass is 10.1. The van der Waals surface area contributed by atoms with Crippen molar-refractivity contribution in [3.8, 4) is 5.88 Å². The first-order chi connectivity index (χ1) is 14.7. The number of rotatable bonds is 7. The van der Waals surface area contributed by atoms with Gasteiger partial charge >= 0.3 is 17.1 Å². The maximum Gasteiger partial charge on any atom is 0.378 e. The van der Waals surface area contributed by atoms with Crippen molar-refractivity contribution in [3.63, 3.8) is 0 Å². The standard InChI is InChI=1S/C22H29N5O4/c1-12(2)11-26-20-16(9-10-17(28)25(4)15-7-8-15)13(3)24-27(20)22(31)18(21(26)30)19(29)23-14-5-6-14/h9-10,12,14-15H,5-8,11H2,1-4H3,(H2,23,29,30,31)/p+1/b10-9+. The summed E-state index contributed by atoms with van der Waals surface area (Å²) in [6, 6.07) is 0.357. The maximum atomic E-state index is 13.1. The average Bonchev–Trinajstić information content (AvgIpc) is 3.61. The van der Waals surface area contributed by atoms with Crippen LogP contribution in [0.15, 0.2) is 10.9 Å². The smallest absolute Gasteiger partial charge is 0.378 e. The van der Waals surface area contributed by atoms with E-state index in [2.05, 4.69) is 10.4 Å². The van der Waals surface area contributed by atoms with Crippen LogP contribution in [0.4, 0.5) is 0 Å². The van der Waals surface area contributed by atoms with E-state index in [0.29, 0.717) is 29.5 Å². The number of fused-ring (bicyclic) bond motifs is 1. The van der Waals surface area contributed by atoms with Gasteiger partial charge in [0.05, 0.1) is 17.8 Å². The van der Waals surface area contributed by atoms with Gasteiger partial charge in [-0.15, -0.1) is 0 Å². The minimum atomic E-state index is -0.616. The minimum absolute atomic E-state index is 0.0592. The molecule has 0 radical (unpaired) electrons. The molecule has 0 aliphatic heterocycles. The van der Waals surface area contributed by atoms with Crippen LogP contribution in [-0.4, -0.2) is 50.6 Å². The molecular formula is C22H30N5O4+. The number of aryl methyl sites for hydroxylation is 1. The molecule has 9 heteroatoms. The highest BCUT2D eigenvalue weighted by Crippen LogP contribution is 2.26. The Balaban J connectivity index is 1.84. The van der Waals surface area contributed by atoms with Crippen LogP contribution in [-0.2, 0) is 11.3 Å². The van der Waals surface area contributed by atoms with E-state index >= 15 is 0 Å². The van der Waals surface area contributed by atoms with Crippen molar-refractivity contribution in [1.82, 2.24) is 19.8 Å². The first kappa shape index (κ1) is 21.1.